The maximum absolute atomic E-state index is 11.1. The number of benzene rings is 2. The van der Waals surface area contributed by atoms with Crippen LogP contribution in [0.1, 0.15) is 19.8 Å². The van der Waals surface area contributed by atoms with Gasteiger partial charge in [-0.3, -0.25) is 0 Å². The first-order chi connectivity index (χ1) is 10.5. The molecule has 0 aliphatic rings. The third-order valence-electron chi connectivity index (χ3n) is 3.13. The highest BCUT2D eigenvalue weighted by Crippen LogP contribution is 2.35. The van der Waals surface area contributed by atoms with E-state index in [-0.39, 0.29) is 0 Å². The van der Waals surface area contributed by atoms with Crippen LogP contribution in [0.4, 0.5) is 0 Å². The van der Waals surface area contributed by atoms with E-state index in [9.17, 15) is 14.0 Å². The average Bonchev–Trinajstić information content (AvgIpc) is 2.49. The minimum Gasteiger partial charge on any atom is -0.491 e. The van der Waals surface area contributed by atoms with Gasteiger partial charge in [0.2, 0.25) is 0 Å². The van der Waals surface area contributed by atoms with Crippen LogP contribution in [-0.2, 0) is 14.9 Å². The molecule has 0 heterocycles. The van der Waals surface area contributed by atoms with Gasteiger partial charge < -0.3 is 4.74 Å². The van der Waals surface area contributed by atoms with E-state index < -0.39 is 21.4 Å². The molecule has 0 aromatic heterocycles. The van der Waals surface area contributed by atoms with Crippen LogP contribution < -0.4 is 18.7 Å². The van der Waals surface area contributed by atoms with Crippen LogP contribution in [-0.4, -0.2) is 12.9 Å². The zero-order chi connectivity index (χ0) is 16.2. The van der Waals surface area contributed by atoms with E-state index in [1.807, 2.05) is 37.3 Å². The molecule has 2 aromatic rings. The van der Waals surface area contributed by atoms with Crippen LogP contribution in [0.3, 0.4) is 0 Å². The SMILES string of the molecule is CCCC[S+](O[Cl+3]([O-])([O-])[O-])c1c(OC)ccc2ccccc12. The molecule has 22 heavy (non-hydrogen) atoms. The number of ether oxygens (including phenoxy) is 1. The van der Waals surface area contributed by atoms with Crippen LogP contribution in [0.5, 0.6) is 5.75 Å². The molecule has 0 bridgehead atoms. The number of hydrogen-bond acceptors (Lipinski definition) is 5. The van der Waals surface area contributed by atoms with E-state index in [4.69, 9.17) is 8.47 Å². The highest BCUT2D eigenvalue weighted by atomic mass is 35.7. The Kier molecular flexibility index (Phi) is 5.91. The molecular formula is C15H18ClO5S+. The molecular weight excluding hydrogens is 328 g/mol. The monoisotopic (exact) mass is 345 g/mol. The predicted octanol–water partition coefficient (Wildman–Crippen LogP) is 0.455. The Morgan fingerprint density at radius 1 is 1.09 bits per heavy atom. The summed E-state index contributed by atoms with van der Waals surface area (Å²) in [5.74, 6) is 0.979. The van der Waals surface area contributed by atoms with Gasteiger partial charge in [0.05, 0.1) is 7.11 Å². The predicted molar refractivity (Wildman–Crippen MR) is 77.0 cm³/mol. The minimum atomic E-state index is -4.50. The van der Waals surface area contributed by atoms with Crippen LogP contribution in [0.2, 0.25) is 0 Å². The van der Waals surface area contributed by atoms with E-state index >= 15 is 0 Å². The van der Waals surface area contributed by atoms with Gasteiger partial charge in [-0.2, -0.15) is 14.0 Å². The second-order valence-corrected chi connectivity index (χ2v) is 7.43. The highest BCUT2D eigenvalue weighted by Gasteiger charge is 2.45. The Labute approximate surface area is 134 Å². The maximum atomic E-state index is 11.1. The van der Waals surface area contributed by atoms with E-state index in [0.29, 0.717) is 16.4 Å². The van der Waals surface area contributed by atoms with E-state index in [2.05, 4.69) is 0 Å². The number of methoxy groups -OCH3 is 1. The topological polar surface area (TPSA) is 87.6 Å². The van der Waals surface area contributed by atoms with Crippen molar-refractivity contribution in [3.05, 3.63) is 36.4 Å². The third kappa shape index (κ3) is 4.25. The first-order valence-corrected chi connectivity index (χ1v) is 9.39. The van der Waals surface area contributed by atoms with Gasteiger partial charge >= 0.3 is 11.2 Å². The van der Waals surface area contributed by atoms with Crippen molar-refractivity contribution in [2.75, 3.05) is 12.9 Å². The lowest BCUT2D eigenvalue weighted by Gasteiger charge is -2.12. The lowest BCUT2D eigenvalue weighted by molar-refractivity contribution is -1.91. The van der Waals surface area contributed by atoms with Crippen LogP contribution >= 0.6 is 0 Å². The highest BCUT2D eigenvalue weighted by molar-refractivity contribution is 7.92. The summed E-state index contributed by atoms with van der Waals surface area (Å²) in [4.78, 5) is 0.626. The van der Waals surface area contributed by atoms with Crippen molar-refractivity contribution in [1.82, 2.24) is 0 Å². The van der Waals surface area contributed by atoms with Crippen molar-refractivity contribution in [2.24, 2.45) is 0 Å². The van der Waals surface area contributed by atoms with E-state index in [1.165, 1.54) is 7.11 Å². The average molecular weight is 346 g/mol. The Morgan fingerprint density at radius 2 is 1.82 bits per heavy atom. The standard InChI is InChI=1S/C15H18ClO5S/c1-3-4-11-22(21-16(17,18)19)15-13-8-6-5-7-12(13)9-10-14(15)20-2/h5-10H,3-4,11H2,1-2H3/q+1. The summed E-state index contributed by atoms with van der Waals surface area (Å²) in [5.41, 5.74) is 0. The van der Waals surface area contributed by atoms with Crippen molar-refractivity contribution in [3.63, 3.8) is 0 Å². The lowest BCUT2D eigenvalue weighted by atomic mass is 10.1. The summed E-state index contributed by atoms with van der Waals surface area (Å²) in [6, 6.07) is 11.2. The third-order valence-corrected chi connectivity index (χ3v) is 5.89. The van der Waals surface area contributed by atoms with Crippen molar-refractivity contribution in [2.45, 2.75) is 24.7 Å². The van der Waals surface area contributed by atoms with Gasteiger partial charge in [-0.05, 0) is 23.9 Å². The van der Waals surface area contributed by atoms with Crippen molar-refractivity contribution >= 4 is 21.9 Å². The number of rotatable bonds is 7. The van der Waals surface area contributed by atoms with Gasteiger partial charge in [0.25, 0.3) is 8.63 Å². The van der Waals surface area contributed by atoms with Gasteiger partial charge in [-0.15, -0.1) is 0 Å². The second-order valence-electron chi connectivity index (χ2n) is 4.66. The first-order valence-electron chi connectivity index (χ1n) is 6.83. The van der Waals surface area contributed by atoms with Gasteiger partial charge in [0.1, 0.15) is 10.2 Å². The van der Waals surface area contributed by atoms with Gasteiger partial charge in [-0.1, -0.05) is 37.6 Å². The summed E-state index contributed by atoms with van der Waals surface area (Å²) in [6.07, 6.45) is 1.62. The number of unbranched alkanes of at least 4 members (excludes halogenated alkanes) is 1. The fraction of sp³-hybridized carbons (Fsp3) is 0.333. The summed E-state index contributed by atoms with van der Waals surface area (Å²) < 4.78 is 43.4. The molecule has 1 atom stereocenters. The Morgan fingerprint density at radius 3 is 2.45 bits per heavy atom. The van der Waals surface area contributed by atoms with Crippen LogP contribution in [0, 0.1) is 10.2 Å². The fourth-order valence-electron chi connectivity index (χ4n) is 2.15. The minimum absolute atomic E-state index is 0.454. The molecule has 0 N–H and O–H groups in total. The molecule has 0 aliphatic heterocycles. The summed E-state index contributed by atoms with van der Waals surface area (Å²) in [7, 11) is -2.99. The van der Waals surface area contributed by atoms with Gasteiger partial charge in [-0.25, -0.2) is 0 Å². The van der Waals surface area contributed by atoms with Crippen molar-refractivity contribution in [3.8, 4) is 5.75 Å². The molecule has 2 rings (SSSR count). The Hall–Kier alpha value is -1.02. The molecule has 0 amide bonds. The largest absolute Gasteiger partial charge is 0.491 e. The van der Waals surface area contributed by atoms with Gasteiger partial charge in [0.15, 0.2) is 11.5 Å². The number of hydrogen-bond donors (Lipinski definition) is 0. The fourth-order valence-corrected chi connectivity index (χ4v) is 4.96. The molecule has 0 spiro atoms. The Bertz CT molecular complexity index is 629. The molecule has 0 saturated heterocycles. The molecule has 0 saturated carbocycles. The van der Waals surface area contributed by atoms with Crippen LogP contribution in [0.25, 0.3) is 10.8 Å². The number of halogens is 1. The zero-order valence-corrected chi connectivity index (χ0v) is 14.0. The van der Waals surface area contributed by atoms with Crippen molar-refractivity contribution < 1.29 is 32.7 Å². The van der Waals surface area contributed by atoms with E-state index in [0.717, 1.165) is 23.6 Å². The molecule has 0 aliphatic carbocycles. The van der Waals surface area contributed by atoms with E-state index in [1.54, 1.807) is 6.07 Å². The molecule has 7 heteroatoms. The number of fused-ring (bicyclic) bond motifs is 1. The Balaban J connectivity index is 2.54. The molecule has 5 nitrogen and oxygen atoms in total. The lowest BCUT2D eigenvalue weighted by Crippen LogP contribution is -2.61. The molecule has 1 unspecified atom stereocenters. The first kappa shape index (κ1) is 17.3. The quantitative estimate of drug-likeness (QED) is 0.680. The van der Waals surface area contributed by atoms with Crippen LogP contribution in [0.15, 0.2) is 41.3 Å². The maximum Gasteiger partial charge on any atom is 0.357 e. The molecule has 0 fully saturated rings. The summed E-state index contributed by atoms with van der Waals surface area (Å²) >= 11 is -1.18. The molecule has 120 valence electrons. The zero-order valence-electron chi connectivity index (χ0n) is 12.4. The summed E-state index contributed by atoms with van der Waals surface area (Å²) in [6.45, 7) is 1.99. The second kappa shape index (κ2) is 7.50. The normalized spacial score (nSPS) is 13.3. The smallest absolute Gasteiger partial charge is 0.357 e. The van der Waals surface area contributed by atoms with Crippen molar-refractivity contribution in [1.29, 1.82) is 0 Å². The molecule has 0 radical (unpaired) electrons. The molecule has 2 aromatic carbocycles. The van der Waals surface area contributed by atoms with Gasteiger partial charge in [0, 0.05) is 5.39 Å². The summed E-state index contributed by atoms with van der Waals surface area (Å²) in [5, 5.41) is 1.77.